The van der Waals surface area contributed by atoms with Crippen LogP contribution in [0.3, 0.4) is 0 Å². The fourth-order valence-electron chi connectivity index (χ4n) is 5.73. The van der Waals surface area contributed by atoms with Crippen LogP contribution >= 0.6 is 11.8 Å². The highest BCUT2D eigenvalue weighted by molar-refractivity contribution is 7.99. The number of ether oxygens (including phenoxy) is 6. The Morgan fingerprint density at radius 2 is 1.12 bits per heavy atom. The molecule has 1 aliphatic heterocycles. The Morgan fingerprint density at radius 1 is 0.640 bits per heavy atom. The molecule has 0 aliphatic carbocycles. The van der Waals surface area contributed by atoms with E-state index < -0.39 is 41.9 Å². The average Bonchev–Trinajstić information content (AvgIpc) is 3.15. The first-order chi connectivity index (χ1) is 24.5. The largest absolute Gasteiger partial charge is 0.457 e. The molecule has 0 spiro atoms. The summed E-state index contributed by atoms with van der Waals surface area (Å²) < 4.78 is 39.3. The minimum atomic E-state index is -0.880. The average molecular weight is 699 g/mol. The number of hydrogen-bond donors (Lipinski definition) is 0. The molecule has 0 aromatic heterocycles. The Hall–Kier alpha value is -3.83. The van der Waals surface area contributed by atoms with Gasteiger partial charge in [-0.3, -0.25) is 4.79 Å². The molecule has 5 rings (SSSR count). The molecule has 0 unspecified atom stereocenters. The fraction of sp³-hybridized carbons (Fsp3) is 0.366. The van der Waals surface area contributed by atoms with Gasteiger partial charge >= 0.3 is 5.97 Å². The van der Waals surface area contributed by atoms with Crippen LogP contribution < -0.4 is 0 Å². The van der Waals surface area contributed by atoms with Crippen LogP contribution in [0.15, 0.2) is 121 Å². The molecule has 1 fully saturated rings. The summed E-state index contributed by atoms with van der Waals surface area (Å²) in [5.74, 6) is -0.595. The summed E-state index contributed by atoms with van der Waals surface area (Å²) in [6, 6.07) is 39.5. The molecule has 8 nitrogen and oxygen atoms in total. The van der Waals surface area contributed by atoms with Gasteiger partial charge in [0.05, 0.1) is 39.5 Å². The predicted molar refractivity (Wildman–Crippen MR) is 193 cm³/mol. The number of rotatable bonds is 19. The van der Waals surface area contributed by atoms with Crippen molar-refractivity contribution in [3.63, 3.8) is 0 Å². The van der Waals surface area contributed by atoms with Crippen LogP contribution in [0.5, 0.6) is 0 Å². The monoisotopic (exact) mass is 698 g/mol. The Labute approximate surface area is 299 Å². The van der Waals surface area contributed by atoms with Crippen LogP contribution in [-0.4, -0.2) is 60.6 Å². The van der Waals surface area contributed by atoms with Crippen LogP contribution in [0.1, 0.15) is 42.0 Å². The maximum Gasteiger partial charge on any atom is 0.306 e. The SMILES string of the molecule is CS[C@H]1O[C@H]([C@H](COCc2ccccc2)OCc2ccccc2)[C@@H](OCc2ccccc2)[C@H](OC(=O)CCC(C)=O)[C@@H]1OCc1ccccc1. The first kappa shape index (κ1) is 37.4. The Morgan fingerprint density at radius 3 is 1.62 bits per heavy atom. The van der Waals surface area contributed by atoms with Crippen molar-refractivity contribution < 1.29 is 38.0 Å². The smallest absolute Gasteiger partial charge is 0.306 e. The van der Waals surface area contributed by atoms with E-state index in [0.717, 1.165) is 22.3 Å². The van der Waals surface area contributed by atoms with E-state index in [1.165, 1.54) is 18.7 Å². The molecule has 0 N–H and O–H groups in total. The van der Waals surface area contributed by atoms with Crippen LogP contribution in [0.2, 0.25) is 0 Å². The van der Waals surface area contributed by atoms with Crippen molar-refractivity contribution in [1.29, 1.82) is 0 Å². The van der Waals surface area contributed by atoms with Gasteiger partial charge < -0.3 is 33.2 Å². The fourth-order valence-corrected chi connectivity index (χ4v) is 6.47. The summed E-state index contributed by atoms with van der Waals surface area (Å²) in [6.45, 7) is 2.86. The number of esters is 1. The summed E-state index contributed by atoms with van der Waals surface area (Å²) in [5.41, 5.74) is 3.41. The van der Waals surface area contributed by atoms with Crippen molar-refractivity contribution in [2.45, 2.75) is 82.1 Å². The van der Waals surface area contributed by atoms with Crippen LogP contribution in [0.4, 0.5) is 0 Å². The third kappa shape index (κ3) is 11.6. The number of Topliss-reactive ketones (excluding diaryl/α,β-unsaturated/α-hetero) is 1. The molecule has 9 heteroatoms. The second kappa shape index (κ2) is 20.1. The molecule has 4 aromatic rings. The molecule has 1 aliphatic rings. The summed E-state index contributed by atoms with van der Waals surface area (Å²) >= 11 is 1.47. The summed E-state index contributed by atoms with van der Waals surface area (Å²) in [4.78, 5) is 25.2. The molecule has 0 bridgehead atoms. The summed E-state index contributed by atoms with van der Waals surface area (Å²) in [5, 5.41) is 0. The molecule has 1 saturated heterocycles. The van der Waals surface area contributed by atoms with Gasteiger partial charge in [-0.25, -0.2) is 0 Å². The summed E-state index contributed by atoms with van der Waals surface area (Å²) in [7, 11) is 0. The van der Waals surface area contributed by atoms with Crippen LogP contribution in [-0.2, 0) is 64.4 Å². The first-order valence-electron chi connectivity index (χ1n) is 17.0. The molecule has 0 amide bonds. The lowest BCUT2D eigenvalue weighted by Gasteiger charge is -2.47. The minimum Gasteiger partial charge on any atom is -0.457 e. The zero-order chi connectivity index (χ0) is 35.0. The van der Waals surface area contributed by atoms with Crippen molar-refractivity contribution in [3.05, 3.63) is 144 Å². The van der Waals surface area contributed by atoms with Gasteiger partial charge in [0.1, 0.15) is 35.6 Å². The number of thioether (sulfide) groups is 1. The van der Waals surface area contributed by atoms with E-state index in [2.05, 4.69) is 0 Å². The lowest BCUT2D eigenvalue weighted by molar-refractivity contribution is -0.265. The Bertz CT molecular complexity index is 1560. The molecule has 6 atom stereocenters. The van der Waals surface area contributed by atoms with Crippen LogP contribution in [0.25, 0.3) is 0 Å². The molecular weight excluding hydrogens is 653 g/mol. The highest BCUT2D eigenvalue weighted by Gasteiger charge is 2.52. The molecular formula is C41H46O8S. The number of ketones is 1. The highest BCUT2D eigenvalue weighted by atomic mass is 32.2. The normalized spacial score (nSPS) is 21.0. The van der Waals surface area contributed by atoms with E-state index >= 15 is 0 Å². The van der Waals surface area contributed by atoms with Gasteiger partial charge in [0.25, 0.3) is 0 Å². The van der Waals surface area contributed by atoms with Gasteiger partial charge in [0, 0.05) is 6.42 Å². The van der Waals surface area contributed by atoms with Crippen molar-refractivity contribution >= 4 is 23.5 Å². The van der Waals surface area contributed by atoms with Crippen molar-refractivity contribution in [3.8, 4) is 0 Å². The van der Waals surface area contributed by atoms with Gasteiger partial charge in [-0.05, 0) is 35.4 Å². The molecule has 50 heavy (non-hydrogen) atoms. The second-order valence-electron chi connectivity index (χ2n) is 12.2. The Kier molecular flexibility index (Phi) is 15.1. The molecule has 4 aromatic carbocycles. The zero-order valence-electron chi connectivity index (χ0n) is 28.6. The van der Waals surface area contributed by atoms with Gasteiger partial charge in [-0.2, -0.15) is 0 Å². The van der Waals surface area contributed by atoms with Gasteiger partial charge in [0.2, 0.25) is 0 Å². The number of carbonyl (C=O) groups excluding carboxylic acids is 2. The topological polar surface area (TPSA) is 89.5 Å². The molecule has 264 valence electrons. The van der Waals surface area contributed by atoms with Gasteiger partial charge in [0.15, 0.2) is 6.10 Å². The lowest BCUT2D eigenvalue weighted by Crippen LogP contribution is -2.63. The first-order valence-corrected chi connectivity index (χ1v) is 18.2. The second-order valence-corrected chi connectivity index (χ2v) is 13.2. The third-order valence-electron chi connectivity index (χ3n) is 8.35. The van der Waals surface area contributed by atoms with Crippen molar-refractivity contribution in [2.24, 2.45) is 0 Å². The van der Waals surface area contributed by atoms with E-state index in [-0.39, 0.29) is 38.4 Å². The van der Waals surface area contributed by atoms with Gasteiger partial charge in [-0.1, -0.05) is 121 Å². The van der Waals surface area contributed by atoms with E-state index in [1.54, 1.807) is 0 Å². The maximum absolute atomic E-state index is 13.4. The van der Waals surface area contributed by atoms with Crippen molar-refractivity contribution in [1.82, 2.24) is 0 Å². The van der Waals surface area contributed by atoms with Gasteiger partial charge in [-0.15, -0.1) is 11.8 Å². The molecule has 0 radical (unpaired) electrons. The van der Waals surface area contributed by atoms with E-state index in [1.807, 2.05) is 128 Å². The molecule has 0 saturated carbocycles. The standard InChI is InChI=1S/C41H46O8S/c1-30(42)23-24-36(43)48-39-38(46-27-33-19-11-5-12-20-33)37(49-41(50-2)40(39)47-28-34-21-13-6-14-22-34)35(45-26-32-17-9-4-10-18-32)29-44-25-31-15-7-3-8-16-31/h3-22,35,37-41H,23-29H2,1-2H3/t35-,37+,38+,39-,40-,41+/m0/s1. The summed E-state index contributed by atoms with van der Waals surface area (Å²) in [6.07, 6.45) is -1.72. The van der Waals surface area contributed by atoms with Crippen molar-refractivity contribution in [2.75, 3.05) is 12.9 Å². The Balaban J connectivity index is 1.47. The van der Waals surface area contributed by atoms with E-state index in [4.69, 9.17) is 28.4 Å². The third-order valence-corrected chi connectivity index (χ3v) is 9.19. The molecule has 1 heterocycles. The number of hydrogen-bond acceptors (Lipinski definition) is 9. The lowest BCUT2D eigenvalue weighted by atomic mass is 9.95. The highest BCUT2D eigenvalue weighted by Crippen LogP contribution is 2.36. The number of benzene rings is 4. The maximum atomic E-state index is 13.4. The quantitative estimate of drug-likeness (QED) is 0.0935. The van der Waals surface area contributed by atoms with Crippen LogP contribution in [0, 0.1) is 0 Å². The van der Waals surface area contributed by atoms with E-state index in [9.17, 15) is 9.59 Å². The number of carbonyl (C=O) groups is 2. The van der Waals surface area contributed by atoms with E-state index in [0.29, 0.717) is 13.2 Å². The zero-order valence-corrected chi connectivity index (χ0v) is 29.5. The minimum absolute atomic E-state index is 0.0494. The predicted octanol–water partition coefficient (Wildman–Crippen LogP) is 7.33.